The van der Waals surface area contributed by atoms with Crippen molar-refractivity contribution in [2.75, 3.05) is 34.2 Å². The van der Waals surface area contributed by atoms with E-state index in [0.717, 1.165) is 6.07 Å². The van der Waals surface area contributed by atoms with Gasteiger partial charge in [0.15, 0.2) is 0 Å². The Morgan fingerprint density at radius 3 is 2.58 bits per heavy atom. The van der Waals surface area contributed by atoms with Gasteiger partial charge in [-0.15, -0.1) is 0 Å². The van der Waals surface area contributed by atoms with E-state index < -0.39 is 15.8 Å². The third-order valence-corrected chi connectivity index (χ3v) is 4.08. The fourth-order valence-corrected chi connectivity index (χ4v) is 2.87. The first-order valence-electron chi connectivity index (χ1n) is 5.94. The molecule has 1 aromatic rings. The topological polar surface area (TPSA) is 61.4 Å². The summed E-state index contributed by atoms with van der Waals surface area (Å²) < 4.78 is 40.0. The van der Waals surface area contributed by atoms with Crippen molar-refractivity contribution >= 4 is 10.0 Å². The molecule has 1 aromatic carbocycles. The molecule has 0 fully saturated rings. The van der Waals surface area contributed by atoms with Gasteiger partial charge in [0.25, 0.3) is 0 Å². The van der Waals surface area contributed by atoms with Gasteiger partial charge in [0.2, 0.25) is 10.0 Å². The van der Waals surface area contributed by atoms with Crippen LogP contribution >= 0.6 is 0 Å². The van der Waals surface area contributed by atoms with Crippen LogP contribution in [-0.2, 0) is 16.6 Å². The number of nitrogens with one attached hydrogen (secondary N) is 2. The molecular weight excluding hydrogens is 269 g/mol. The van der Waals surface area contributed by atoms with Gasteiger partial charge in [-0.1, -0.05) is 6.07 Å². The minimum absolute atomic E-state index is 0.0133. The summed E-state index contributed by atoms with van der Waals surface area (Å²) in [5.74, 6) is -0.562. The predicted octanol–water partition coefficient (Wildman–Crippen LogP) is 0.385. The summed E-state index contributed by atoms with van der Waals surface area (Å²) in [4.78, 5) is 1.85. The van der Waals surface area contributed by atoms with E-state index in [4.69, 9.17) is 0 Å². The second-order valence-corrected chi connectivity index (χ2v) is 6.22. The van der Waals surface area contributed by atoms with Gasteiger partial charge in [0.05, 0.1) is 4.90 Å². The zero-order chi connectivity index (χ0) is 14.5. The number of halogens is 1. The first-order chi connectivity index (χ1) is 8.86. The maximum Gasteiger partial charge on any atom is 0.241 e. The van der Waals surface area contributed by atoms with E-state index in [9.17, 15) is 12.8 Å². The Morgan fingerprint density at radius 2 is 2.00 bits per heavy atom. The second-order valence-electron chi connectivity index (χ2n) is 4.48. The fourth-order valence-electron chi connectivity index (χ4n) is 1.60. The fraction of sp³-hybridized carbons (Fsp3) is 0.500. The Morgan fingerprint density at radius 1 is 1.32 bits per heavy atom. The number of rotatable bonds is 7. The van der Waals surface area contributed by atoms with Crippen LogP contribution in [0.15, 0.2) is 23.1 Å². The third kappa shape index (κ3) is 4.87. The number of hydrogen-bond acceptors (Lipinski definition) is 4. The van der Waals surface area contributed by atoms with Gasteiger partial charge in [0, 0.05) is 19.6 Å². The van der Waals surface area contributed by atoms with E-state index in [2.05, 4.69) is 10.0 Å². The maximum absolute atomic E-state index is 13.2. The van der Waals surface area contributed by atoms with E-state index in [0.29, 0.717) is 18.7 Å². The molecule has 0 spiro atoms. The number of sulfonamides is 1. The normalized spacial score (nSPS) is 12.1. The van der Waals surface area contributed by atoms with Gasteiger partial charge in [-0.25, -0.2) is 17.5 Å². The SMILES string of the molecule is CNCc1ccc(F)cc1S(=O)(=O)NCCN(C)C. The Bertz CT molecular complexity index is 518. The van der Waals surface area contributed by atoms with Gasteiger partial charge in [-0.3, -0.25) is 0 Å². The number of hydrogen-bond donors (Lipinski definition) is 2. The Balaban J connectivity index is 2.95. The van der Waals surface area contributed by atoms with Gasteiger partial charge in [-0.2, -0.15) is 0 Å². The van der Waals surface area contributed by atoms with Crippen molar-refractivity contribution < 1.29 is 12.8 Å². The molecule has 0 saturated heterocycles. The number of benzene rings is 1. The molecule has 0 aliphatic carbocycles. The lowest BCUT2D eigenvalue weighted by atomic mass is 10.2. The summed E-state index contributed by atoms with van der Waals surface area (Å²) in [6.45, 7) is 1.23. The highest BCUT2D eigenvalue weighted by Crippen LogP contribution is 2.17. The molecule has 7 heteroatoms. The third-order valence-electron chi connectivity index (χ3n) is 2.54. The Labute approximate surface area is 113 Å². The van der Waals surface area contributed by atoms with Gasteiger partial charge in [-0.05, 0) is 38.8 Å². The molecule has 0 atom stereocenters. The van der Waals surface area contributed by atoms with Crippen LogP contribution in [0.4, 0.5) is 4.39 Å². The van der Waals surface area contributed by atoms with Crippen molar-refractivity contribution in [1.29, 1.82) is 0 Å². The van der Waals surface area contributed by atoms with Crippen LogP contribution in [0.1, 0.15) is 5.56 Å². The highest BCUT2D eigenvalue weighted by Gasteiger charge is 2.18. The van der Waals surface area contributed by atoms with Crippen LogP contribution in [0.5, 0.6) is 0 Å². The molecule has 0 bridgehead atoms. The highest BCUT2D eigenvalue weighted by atomic mass is 32.2. The molecule has 0 aliphatic rings. The quantitative estimate of drug-likeness (QED) is 0.762. The monoisotopic (exact) mass is 289 g/mol. The average molecular weight is 289 g/mol. The van der Waals surface area contributed by atoms with E-state index >= 15 is 0 Å². The van der Waals surface area contributed by atoms with Crippen LogP contribution in [0.2, 0.25) is 0 Å². The zero-order valence-corrected chi connectivity index (χ0v) is 12.2. The molecule has 0 amide bonds. The molecular formula is C12H20FN3O2S. The summed E-state index contributed by atoms with van der Waals surface area (Å²) >= 11 is 0. The molecule has 0 saturated carbocycles. The molecule has 0 unspecified atom stereocenters. The molecule has 1 rings (SSSR count). The number of likely N-dealkylation sites (N-methyl/N-ethyl adjacent to an activating group) is 1. The Hall–Kier alpha value is -1.02. The lowest BCUT2D eigenvalue weighted by molar-refractivity contribution is 0.412. The van der Waals surface area contributed by atoms with Crippen LogP contribution in [0.25, 0.3) is 0 Å². The maximum atomic E-state index is 13.2. The summed E-state index contributed by atoms with van der Waals surface area (Å²) in [5.41, 5.74) is 0.543. The number of nitrogens with zero attached hydrogens (tertiary/aromatic N) is 1. The van der Waals surface area contributed by atoms with Crippen molar-refractivity contribution in [3.8, 4) is 0 Å². The Kier molecular flexibility index (Phi) is 5.86. The van der Waals surface area contributed by atoms with E-state index in [-0.39, 0.29) is 11.4 Å². The smallest absolute Gasteiger partial charge is 0.241 e. The van der Waals surface area contributed by atoms with Crippen molar-refractivity contribution in [1.82, 2.24) is 14.9 Å². The molecule has 0 heterocycles. The summed E-state index contributed by atoms with van der Waals surface area (Å²) in [6.07, 6.45) is 0. The standard InChI is InChI=1S/C12H20FN3O2S/c1-14-9-10-4-5-11(13)8-12(10)19(17,18)15-6-7-16(2)3/h4-5,8,14-15H,6-7,9H2,1-3H3. The van der Waals surface area contributed by atoms with Gasteiger partial charge < -0.3 is 10.2 Å². The lowest BCUT2D eigenvalue weighted by Gasteiger charge is -2.13. The second kappa shape index (κ2) is 6.95. The minimum atomic E-state index is -3.69. The van der Waals surface area contributed by atoms with Crippen LogP contribution in [-0.4, -0.2) is 47.6 Å². The largest absolute Gasteiger partial charge is 0.316 e. The predicted molar refractivity (Wildman–Crippen MR) is 72.9 cm³/mol. The molecule has 5 nitrogen and oxygen atoms in total. The molecule has 2 N–H and O–H groups in total. The summed E-state index contributed by atoms with van der Waals surface area (Å²) in [6, 6.07) is 3.78. The molecule has 108 valence electrons. The molecule has 19 heavy (non-hydrogen) atoms. The van der Waals surface area contributed by atoms with E-state index in [1.165, 1.54) is 12.1 Å². The minimum Gasteiger partial charge on any atom is -0.316 e. The van der Waals surface area contributed by atoms with Crippen LogP contribution in [0, 0.1) is 5.82 Å². The molecule has 0 radical (unpaired) electrons. The van der Waals surface area contributed by atoms with Crippen LogP contribution in [0.3, 0.4) is 0 Å². The first kappa shape index (κ1) is 16.0. The van der Waals surface area contributed by atoms with Crippen molar-refractivity contribution in [3.63, 3.8) is 0 Å². The molecule has 0 aromatic heterocycles. The van der Waals surface area contributed by atoms with E-state index in [1.807, 2.05) is 19.0 Å². The molecule has 0 aliphatic heterocycles. The average Bonchev–Trinajstić information content (AvgIpc) is 2.31. The van der Waals surface area contributed by atoms with Gasteiger partial charge in [0.1, 0.15) is 5.82 Å². The lowest BCUT2D eigenvalue weighted by Crippen LogP contribution is -2.32. The zero-order valence-electron chi connectivity index (χ0n) is 11.4. The summed E-state index contributed by atoms with van der Waals surface area (Å²) in [5, 5.41) is 2.87. The van der Waals surface area contributed by atoms with Crippen molar-refractivity contribution in [2.24, 2.45) is 0 Å². The van der Waals surface area contributed by atoms with Gasteiger partial charge >= 0.3 is 0 Å². The highest BCUT2D eigenvalue weighted by molar-refractivity contribution is 7.89. The van der Waals surface area contributed by atoms with Crippen molar-refractivity contribution in [3.05, 3.63) is 29.6 Å². The van der Waals surface area contributed by atoms with E-state index in [1.54, 1.807) is 7.05 Å². The van der Waals surface area contributed by atoms with Crippen LogP contribution < -0.4 is 10.0 Å². The van der Waals surface area contributed by atoms with Crippen molar-refractivity contribution in [2.45, 2.75) is 11.4 Å². The first-order valence-corrected chi connectivity index (χ1v) is 7.42. The summed E-state index contributed by atoms with van der Waals surface area (Å²) in [7, 11) is 1.72.